The normalized spacial score (nSPS) is 11.1. The van der Waals surface area contributed by atoms with Crippen LogP contribution in [0.5, 0.6) is 0 Å². The van der Waals surface area contributed by atoms with Gasteiger partial charge in [-0.05, 0) is 54.6 Å². The summed E-state index contributed by atoms with van der Waals surface area (Å²) in [6.45, 7) is 0. The molecule has 0 aliphatic heterocycles. The number of hydrogen-bond acceptors (Lipinski definition) is 3. The first kappa shape index (κ1) is 20.5. The van der Waals surface area contributed by atoms with E-state index in [1.165, 1.54) is 18.3 Å². The van der Waals surface area contributed by atoms with Gasteiger partial charge in [0.05, 0.1) is 28.1 Å². The number of hydrogen-bond donors (Lipinski definition) is 2. The molecule has 0 saturated heterocycles. The van der Waals surface area contributed by atoms with Crippen LogP contribution in [0.2, 0.25) is 10.0 Å². The summed E-state index contributed by atoms with van der Waals surface area (Å²) in [5.41, 5.74) is 0.931. The minimum Gasteiger partial charge on any atom is -0.465 e. The van der Waals surface area contributed by atoms with Crippen LogP contribution in [0.3, 0.4) is 0 Å². The molecule has 146 valence electrons. The highest BCUT2D eigenvalue weighted by Gasteiger charge is 2.15. The zero-order chi connectivity index (χ0) is 20.6. The predicted octanol–water partition coefficient (Wildman–Crippen LogP) is 5.80. The minimum atomic E-state index is -0.441. The van der Waals surface area contributed by atoms with Crippen molar-refractivity contribution in [2.24, 2.45) is 0 Å². The summed E-state index contributed by atoms with van der Waals surface area (Å²) in [6.07, 6.45) is 8.22. The lowest BCUT2D eigenvalue weighted by Gasteiger charge is -2.11. The molecule has 1 heterocycles. The Morgan fingerprint density at radius 1 is 0.897 bits per heavy atom. The van der Waals surface area contributed by atoms with Crippen molar-refractivity contribution >= 4 is 46.8 Å². The van der Waals surface area contributed by atoms with E-state index in [0.717, 1.165) is 0 Å². The Labute approximate surface area is 177 Å². The third-order valence-electron chi connectivity index (χ3n) is 3.82. The molecule has 2 N–H and O–H groups in total. The van der Waals surface area contributed by atoms with Gasteiger partial charge in [0, 0.05) is 11.2 Å². The van der Waals surface area contributed by atoms with Crippen LogP contribution in [0.1, 0.15) is 26.5 Å². The molecule has 0 unspecified atom stereocenters. The molecular weight excluding hydrogens is 411 g/mol. The van der Waals surface area contributed by atoms with Gasteiger partial charge < -0.3 is 15.1 Å². The molecule has 2 aromatic carbocycles. The van der Waals surface area contributed by atoms with Crippen molar-refractivity contribution in [1.29, 1.82) is 0 Å². The van der Waals surface area contributed by atoms with Crippen molar-refractivity contribution in [1.82, 2.24) is 5.32 Å². The fraction of sp³-hybridized carbons (Fsp3) is 0. The number of carbonyl (C=O) groups excluding carboxylic acids is 2. The third kappa shape index (κ3) is 5.60. The van der Waals surface area contributed by atoms with E-state index in [1.54, 1.807) is 60.9 Å². The van der Waals surface area contributed by atoms with Gasteiger partial charge in [0.2, 0.25) is 0 Å². The third-order valence-corrected chi connectivity index (χ3v) is 4.37. The maximum absolute atomic E-state index is 12.5. The lowest BCUT2D eigenvalue weighted by Crippen LogP contribution is -2.21. The Morgan fingerprint density at radius 3 is 2.48 bits per heavy atom. The number of halogens is 2. The molecule has 0 fully saturated rings. The lowest BCUT2D eigenvalue weighted by molar-refractivity contribution is 0.0971. The van der Waals surface area contributed by atoms with Crippen molar-refractivity contribution in [3.63, 3.8) is 0 Å². The van der Waals surface area contributed by atoms with Crippen LogP contribution in [0.4, 0.5) is 5.69 Å². The van der Waals surface area contributed by atoms with Crippen molar-refractivity contribution in [2.75, 3.05) is 5.32 Å². The Hall–Kier alpha value is -3.28. The van der Waals surface area contributed by atoms with E-state index < -0.39 is 5.91 Å². The number of anilines is 1. The topological polar surface area (TPSA) is 71.3 Å². The van der Waals surface area contributed by atoms with Gasteiger partial charge in [-0.15, -0.1) is 0 Å². The fourth-order valence-electron chi connectivity index (χ4n) is 2.45. The average Bonchev–Trinajstić information content (AvgIpc) is 3.21. The van der Waals surface area contributed by atoms with E-state index >= 15 is 0 Å². The highest BCUT2D eigenvalue weighted by Crippen LogP contribution is 2.23. The van der Waals surface area contributed by atoms with Crippen molar-refractivity contribution in [3.05, 3.63) is 106 Å². The molecule has 0 spiro atoms. The molecule has 1 aromatic heterocycles. The Kier molecular flexibility index (Phi) is 6.89. The molecule has 0 saturated carbocycles. The number of rotatable bonds is 6. The van der Waals surface area contributed by atoms with Crippen molar-refractivity contribution < 1.29 is 14.0 Å². The number of carbonyl (C=O) groups is 2. The summed E-state index contributed by atoms with van der Waals surface area (Å²) >= 11 is 11.9. The molecule has 29 heavy (non-hydrogen) atoms. The van der Waals surface area contributed by atoms with E-state index in [0.29, 0.717) is 22.0 Å². The first-order chi connectivity index (χ1) is 14.0. The molecular formula is C22H16Cl2N2O3. The number of benzene rings is 2. The van der Waals surface area contributed by atoms with Crippen LogP contribution in [-0.4, -0.2) is 11.8 Å². The van der Waals surface area contributed by atoms with Crippen LogP contribution >= 0.6 is 23.2 Å². The van der Waals surface area contributed by atoms with Crippen LogP contribution < -0.4 is 10.6 Å². The van der Waals surface area contributed by atoms with E-state index in [4.69, 9.17) is 27.6 Å². The van der Waals surface area contributed by atoms with E-state index in [9.17, 15) is 9.59 Å². The predicted molar refractivity (Wildman–Crippen MR) is 115 cm³/mol. The molecule has 2 amide bonds. The largest absolute Gasteiger partial charge is 0.465 e. The molecule has 3 aromatic rings. The van der Waals surface area contributed by atoms with Crippen LogP contribution in [0.15, 0.2) is 83.6 Å². The minimum absolute atomic E-state index is 0.225. The molecule has 0 aliphatic carbocycles. The van der Waals surface area contributed by atoms with Crippen molar-refractivity contribution in [2.45, 2.75) is 0 Å². The molecule has 5 nitrogen and oxygen atoms in total. The molecule has 3 rings (SSSR count). The first-order valence-electron chi connectivity index (χ1n) is 8.57. The Balaban J connectivity index is 1.67. The maximum atomic E-state index is 12.5. The second-order valence-electron chi connectivity index (χ2n) is 5.83. The van der Waals surface area contributed by atoms with Gasteiger partial charge in [-0.2, -0.15) is 0 Å². The summed E-state index contributed by atoms with van der Waals surface area (Å²) in [7, 11) is 0. The number of amides is 2. The molecule has 0 radical (unpaired) electrons. The number of para-hydroxylation sites is 1. The van der Waals surface area contributed by atoms with Crippen molar-refractivity contribution in [3.8, 4) is 0 Å². The van der Waals surface area contributed by atoms with Gasteiger partial charge >= 0.3 is 0 Å². The van der Waals surface area contributed by atoms with Gasteiger partial charge in [-0.3, -0.25) is 9.59 Å². The second kappa shape index (κ2) is 9.78. The van der Waals surface area contributed by atoms with E-state index in [2.05, 4.69) is 10.6 Å². The van der Waals surface area contributed by atoms with E-state index in [-0.39, 0.29) is 16.5 Å². The van der Waals surface area contributed by atoms with Gasteiger partial charge in [0.1, 0.15) is 5.76 Å². The van der Waals surface area contributed by atoms with E-state index in [1.807, 2.05) is 6.07 Å². The summed E-state index contributed by atoms with van der Waals surface area (Å²) in [4.78, 5) is 25.0. The lowest BCUT2D eigenvalue weighted by atomic mass is 10.1. The van der Waals surface area contributed by atoms with Gasteiger partial charge in [-0.1, -0.05) is 41.4 Å². The molecule has 0 aliphatic rings. The van der Waals surface area contributed by atoms with Gasteiger partial charge in [0.25, 0.3) is 11.8 Å². The summed E-state index contributed by atoms with van der Waals surface area (Å²) in [5, 5.41) is 6.02. The number of nitrogens with one attached hydrogen (secondary N) is 2. The highest BCUT2D eigenvalue weighted by atomic mass is 35.5. The number of furan rings is 1. The average molecular weight is 427 g/mol. The zero-order valence-corrected chi connectivity index (χ0v) is 16.6. The maximum Gasteiger partial charge on any atom is 0.257 e. The highest BCUT2D eigenvalue weighted by molar-refractivity contribution is 6.37. The Bertz CT molecular complexity index is 1070. The molecule has 7 heteroatoms. The van der Waals surface area contributed by atoms with Crippen LogP contribution in [0, 0.1) is 0 Å². The van der Waals surface area contributed by atoms with Gasteiger partial charge in [-0.25, -0.2) is 0 Å². The monoisotopic (exact) mass is 426 g/mol. The SMILES string of the molecule is O=C(Nc1ccccc1C(=O)N/C=C/C=C\c1ccco1)c1ccc(Cl)cc1Cl. The second-order valence-corrected chi connectivity index (χ2v) is 6.67. The molecule has 0 atom stereocenters. The Morgan fingerprint density at radius 2 is 1.72 bits per heavy atom. The smallest absolute Gasteiger partial charge is 0.257 e. The summed E-state index contributed by atoms with van der Waals surface area (Å²) in [6, 6.07) is 14.9. The first-order valence-corrected chi connectivity index (χ1v) is 9.33. The zero-order valence-electron chi connectivity index (χ0n) is 15.1. The van der Waals surface area contributed by atoms with Crippen LogP contribution in [-0.2, 0) is 0 Å². The summed E-state index contributed by atoms with van der Waals surface area (Å²) in [5.74, 6) is -0.107. The van der Waals surface area contributed by atoms with Crippen LogP contribution in [0.25, 0.3) is 6.08 Å². The standard InChI is InChI=1S/C22H16Cl2N2O3/c23-15-10-11-17(19(24)14-15)22(28)26-20-9-2-1-8-18(20)21(27)25-12-4-3-6-16-7-5-13-29-16/h1-14H,(H,25,27)(H,26,28)/b6-3-,12-4+. The number of allylic oxidation sites excluding steroid dienone is 2. The quantitative estimate of drug-likeness (QED) is 0.489. The summed E-state index contributed by atoms with van der Waals surface area (Å²) < 4.78 is 5.17. The molecule has 0 bridgehead atoms. The van der Waals surface area contributed by atoms with Gasteiger partial charge in [0.15, 0.2) is 0 Å². The fourth-order valence-corrected chi connectivity index (χ4v) is 2.94.